The number of nitrogens with zero attached hydrogens (tertiary/aromatic N) is 3. The van der Waals surface area contributed by atoms with Gasteiger partial charge in [0.05, 0.1) is 18.1 Å². The van der Waals surface area contributed by atoms with Gasteiger partial charge in [0, 0.05) is 6.04 Å². The Balaban J connectivity index is 1.46. The van der Waals surface area contributed by atoms with Crippen molar-refractivity contribution in [3.05, 3.63) is 24.5 Å². The molecule has 1 fully saturated rings. The molecule has 2 unspecified atom stereocenters. The molecule has 0 spiro atoms. The van der Waals surface area contributed by atoms with Crippen LogP contribution >= 0.6 is 0 Å². The number of rotatable bonds is 4. The summed E-state index contributed by atoms with van der Waals surface area (Å²) in [5.41, 5.74) is 1.29. The number of hydrogen-bond donors (Lipinski definition) is 4. The van der Waals surface area contributed by atoms with Crippen molar-refractivity contribution < 1.29 is 23.4 Å². The minimum Gasteiger partial charge on any atom is -0.395 e. The monoisotopic (exact) mass is 404 g/mol. The third-order valence-electron chi connectivity index (χ3n) is 4.94. The Bertz CT molecular complexity index is 1060. The van der Waals surface area contributed by atoms with E-state index in [-0.39, 0.29) is 35.3 Å². The van der Waals surface area contributed by atoms with Crippen LogP contribution in [0.25, 0.3) is 11.2 Å². The van der Waals surface area contributed by atoms with Crippen LogP contribution in [-0.4, -0.2) is 43.5 Å². The molecular weight excluding hydrogens is 386 g/mol. The maximum Gasteiger partial charge on any atom is 0.586 e. The number of fused-ring (bicyclic) bond motifs is 2. The molecule has 9 nitrogen and oxygen atoms in total. The van der Waals surface area contributed by atoms with Crippen molar-refractivity contribution in [1.82, 2.24) is 19.9 Å². The molecule has 1 saturated carbocycles. The number of aromatic amines is 1. The molecule has 1 aliphatic carbocycles. The number of imidazole rings is 1. The Morgan fingerprint density at radius 3 is 2.97 bits per heavy atom. The minimum absolute atomic E-state index is 0.0535. The SMILES string of the molecule is OC1CCCC(Nc2nc(Nc3cccc4c3OC(F)(F)O4)nc3[nH]cnc23)C1. The molecule has 11 heteroatoms. The molecule has 1 aromatic carbocycles. The van der Waals surface area contributed by atoms with Gasteiger partial charge < -0.3 is 30.2 Å². The predicted octanol–water partition coefficient (Wildman–Crippen LogP) is 3.13. The second kappa shape index (κ2) is 6.69. The average molecular weight is 404 g/mol. The fourth-order valence-electron chi connectivity index (χ4n) is 3.67. The predicted molar refractivity (Wildman–Crippen MR) is 99.5 cm³/mol. The second-order valence-corrected chi connectivity index (χ2v) is 7.08. The highest BCUT2D eigenvalue weighted by Gasteiger charge is 2.44. The quantitative estimate of drug-likeness (QED) is 0.524. The molecule has 3 heterocycles. The molecule has 4 N–H and O–H groups in total. The number of ether oxygens (including phenoxy) is 2. The van der Waals surface area contributed by atoms with E-state index in [4.69, 9.17) is 0 Å². The summed E-state index contributed by atoms with van der Waals surface area (Å²) in [6.45, 7) is 0. The summed E-state index contributed by atoms with van der Waals surface area (Å²) in [6, 6.07) is 4.57. The summed E-state index contributed by atoms with van der Waals surface area (Å²) >= 11 is 0. The minimum atomic E-state index is -3.72. The van der Waals surface area contributed by atoms with Crippen molar-refractivity contribution in [2.45, 2.75) is 44.1 Å². The van der Waals surface area contributed by atoms with Gasteiger partial charge in [-0.2, -0.15) is 9.97 Å². The first kappa shape index (κ1) is 17.9. The van der Waals surface area contributed by atoms with E-state index >= 15 is 0 Å². The molecule has 0 radical (unpaired) electrons. The van der Waals surface area contributed by atoms with E-state index in [1.807, 2.05) is 0 Å². The van der Waals surface area contributed by atoms with E-state index in [0.29, 0.717) is 23.4 Å². The van der Waals surface area contributed by atoms with Gasteiger partial charge in [0.2, 0.25) is 5.95 Å². The lowest BCUT2D eigenvalue weighted by Gasteiger charge is -2.27. The Kier molecular flexibility index (Phi) is 4.12. The zero-order chi connectivity index (χ0) is 20.0. The van der Waals surface area contributed by atoms with Crippen LogP contribution in [0.1, 0.15) is 25.7 Å². The highest BCUT2D eigenvalue weighted by Crippen LogP contribution is 2.46. The van der Waals surface area contributed by atoms with E-state index < -0.39 is 6.29 Å². The van der Waals surface area contributed by atoms with Crippen molar-refractivity contribution in [3.63, 3.8) is 0 Å². The number of hydrogen-bond acceptors (Lipinski definition) is 8. The molecule has 5 rings (SSSR count). The topological polar surface area (TPSA) is 117 Å². The molecule has 2 atom stereocenters. The first-order chi connectivity index (χ1) is 14.0. The van der Waals surface area contributed by atoms with Crippen LogP contribution in [-0.2, 0) is 0 Å². The third kappa shape index (κ3) is 3.48. The van der Waals surface area contributed by atoms with E-state index in [9.17, 15) is 13.9 Å². The standard InChI is InChI=1S/C18H18F2N6O3/c19-18(20)28-12-6-2-5-11(14(12)29-18)24-17-25-15-13(21-8-22-15)16(26-17)23-9-3-1-4-10(27)7-9/h2,5-6,8-10,27H,1,3-4,7H2,(H3,21,22,23,24,25,26). The van der Waals surface area contributed by atoms with Crippen LogP contribution in [0, 0.1) is 0 Å². The highest BCUT2D eigenvalue weighted by atomic mass is 19.3. The molecule has 1 aliphatic heterocycles. The lowest BCUT2D eigenvalue weighted by molar-refractivity contribution is -0.286. The smallest absolute Gasteiger partial charge is 0.395 e. The van der Waals surface area contributed by atoms with Gasteiger partial charge in [-0.05, 0) is 37.8 Å². The zero-order valence-electron chi connectivity index (χ0n) is 15.2. The van der Waals surface area contributed by atoms with Crippen molar-refractivity contribution in [3.8, 4) is 11.5 Å². The Hall–Kier alpha value is -3.21. The van der Waals surface area contributed by atoms with Gasteiger partial charge >= 0.3 is 6.29 Å². The van der Waals surface area contributed by atoms with Crippen molar-refractivity contribution in [1.29, 1.82) is 0 Å². The summed E-state index contributed by atoms with van der Waals surface area (Å²) < 4.78 is 35.9. The number of halogens is 2. The van der Waals surface area contributed by atoms with Crippen molar-refractivity contribution in [2.24, 2.45) is 0 Å². The normalized spacial score (nSPS) is 22.6. The number of H-pyrrole nitrogens is 1. The Labute approximate surface area is 163 Å². The van der Waals surface area contributed by atoms with Crippen LogP contribution in [0.4, 0.5) is 26.2 Å². The molecular formula is C18H18F2N6O3. The highest BCUT2D eigenvalue weighted by molar-refractivity contribution is 5.84. The van der Waals surface area contributed by atoms with Crippen molar-refractivity contribution >= 4 is 28.6 Å². The Morgan fingerprint density at radius 1 is 1.21 bits per heavy atom. The number of aliphatic hydroxyl groups excluding tert-OH is 1. The first-order valence-corrected chi connectivity index (χ1v) is 9.28. The molecule has 152 valence electrons. The van der Waals surface area contributed by atoms with Crippen LogP contribution in [0.15, 0.2) is 24.5 Å². The summed E-state index contributed by atoms with van der Waals surface area (Å²) in [6.07, 6.45) is 0.664. The van der Waals surface area contributed by atoms with Crippen LogP contribution in [0.2, 0.25) is 0 Å². The van der Waals surface area contributed by atoms with E-state index in [1.54, 1.807) is 12.1 Å². The summed E-state index contributed by atoms with van der Waals surface area (Å²) in [5.74, 6) is 0.480. The van der Waals surface area contributed by atoms with Gasteiger partial charge in [-0.25, -0.2) is 4.98 Å². The lowest BCUT2D eigenvalue weighted by Crippen LogP contribution is -2.30. The van der Waals surface area contributed by atoms with E-state index in [0.717, 1.165) is 19.3 Å². The number of aromatic nitrogens is 4. The number of nitrogens with one attached hydrogen (secondary N) is 3. The van der Waals surface area contributed by atoms with Gasteiger partial charge in [-0.15, -0.1) is 8.78 Å². The van der Waals surface area contributed by atoms with E-state index in [1.165, 1.54) is 12.4 Å². The number of benzene rings is 1. The molecule has 0 amide bonds. The average Bonchev–Trinajstić information content (AvgIpc) is 3.25. The molecule has 2 aliphatic rings. The molecule has 2 aromatic heterocycles. The van der Waals surface area contributed by atoms with Gasteiger partial charge in [0.1, 0.15) is 5.52 Å². The van der Waals surface area contributed by atoms with Crippen LogP contribution in [0.5, 0.6) is 11.5 Å². The molecule has 3 aromatic rings. The lowest BCUT2D eigenvalue weighted by atomic mass is 9.93. The van der Waals surface area contributed by atoms with E-state index in [2.05, 4.69) is 40.0 Å². The molecule has 0 saturated heterocycles. The van der Waals surface area contributed by atoms with Crippen LogP contribution in [0.3, 0.4) is 0 Å². The van der Waals surface area contributed by atoms with Gasteiger partial charge in [-0.1, -0.05) is 6.07 Å². The molecule has 29 heavy (non-hydrogen) atoms. The largest absolute Gasteiger partial charge is 0.586 e. The van der Waals surface area contributed by atoms with Crippen LogP contribution < -0.4 is 20.1 Å². The Morgan fingerprint density at radius 2 is 2.10 bits per heavy atom. The summed E-state index contributed by atoms with van der Waals surface area (Å²) in [5, 5.41) is 16.2. The fourth-order valence-corrected chi connectivity index (χ4v) is 3.67. The van der Waals surface area contributed by atoms with Gasteiger partial charge in [0.25, 0.3) is 0 Å². The van der Waals surface area contributed by atoms with Gasteiger partial charge in [-0.3, -0.25) is 0 Å². The summed E-state index contributed by atoms with van der Waals surface area (Å²) in [4.78, 5) is 16.0. The summed E-state index contributed by atoms with van der Waals surface area (Å²) in [7, 11) is 0. The number of anilines is 3. The van der Waals surface area contributed by atoms with Gasteiger partial charge in [0.15, 0.2) is 23.0 Å². The maximum atomic E-state index is 13.4. The zero-order valence-corrected chi connectivity index (χ0v) is 15.2. The third-order valence-corrected chi connectivity index (χ3v) is 4.94. The second-order valence-electron chi connectivity index (χ2n) is 7.08. The maximum absolute atomic E-state index is 13.4. The first-order valence-electron chi connectivity index (χ1n) is 9.28. The number of alkyl halides is 2. The fraction of sp³-hybridized carbons (Fsp3) is 0.389. The van der Waals surface area contributed by atoms with Crippen molar-refractivity contribution in [2.75, 3.05) is 10.6 Å². The molecule has 0 bridgehead atoms. The number of aliphatic hydroxyl groups is 1. The number of para-hydroxylation sites is 1.